The van der Waals surface area contributed by atoms with Crippen molar-refractivity contribution in [2.45, 2.75) is 90.1 Å². The summed E-state index contributed by atoms with van der Waals surface area (Å²) in [6.45, 7) is 8.69. The van der Waals surface area contributed by atoms with E-state index in [1.807, 2.05) is 24.3 Å². The van der Waals surface area contributed by atoms with Gasteiger partial charge in [-0.3, -0.25) is 14.4 Å². The van der Waals surface area contributed by atoms with Gasteiger partial charge >= 0.3 is 0 Å². The number of benzene rings is 2. The van der Waals surface area contributed by atoms with Gasteiger partial charge in [-0.05, 0) is 108 Å². The maximum atomic E-state index is 13.8. The number of nitrogens with one attached hydrogen (secondary N) is 2. The maximum Gasteiger partial charge on any atom is 0.287 e. The van der Waals surface area contributed by atoms with Crippen LogP contribution >= 0.6 is 11.6 Å². The first-order chi connectivity index (χ1) is 21.0. The largest absolute Gasteiger partial charge is 0.451 e. The molecule has 0 bridgehead atoms. The number of para-hydroxylation sites is 1. The van der Waals surface area contributed by atoms with Crippen molar-refractivity contribution in [2.24, 2.45) is 11.3 Å². The number of piperidine rings is 1. The number of carbonyl (C=O) groups is 2. The molecule has 0 spiro atoms. The monoisotopic (exact) mass is 619 g/mol. The molecule has 2 aromatic carbocycles. The molecule has 1 saturated carbocycles. The fraction of sp³-hybridized carbons (Fsp3) is 0.528. The number of hydrogen-bond donors (Lipinski definition) is 2. The average Bonchev–Trinajstić information content (AvgIpc) is 3.01. The van der Waals surface area contributed by atoms with Crippen LogP contribution in [0.15, 0.2) is 63.8 Å². The quantitative estimate of drug-likeness (QED) is 0.276. The molecule has 0 unspecified atom stereocenters. The van der Waals surface area contributed by atoms with E-state index in [0.29, 0.717) is 28.3 Å². The van der Waals surface area contributed by atoms with Gasteiger partial charge in [-0.1, -0.05) is 55.1 Å². The van der Waals surface area contributed by atoms with E-state index in [0.717, 1.165) is 57.3 Å². The van der Waals surface area contributed by atoms with E-state index >= 15 is 0 Å². The zero-order valence-corrected chi connectivity index (χ0v) is 27.1. The van der Waals surface area contributed by atoms with E-state index in [1.165, 1.54) is 25.3 Å². The van der Waals surface area contributed by atoms with E-state index < -0.39 is 5.91 Å². The van der Waals surface area contributed by atoms with Gasteiger partial charge in [0.2, 0.25) is 5.91 Å². The summed E-state index contributed by atoms with van der Waals surface area (Å²) in [7, 11) is 0. The molecular formula is C36H46ClN3O4. The zero-order valence-electron chi connectivity index (χ0n) is 26.3. The van der Waals surface area contributed by atoms with Crippen molar-refractivity contribution in [2.75, 3.05) is 19.6 Å². The van der Waals surface area contributed by atoms with Gasteiger partial charge in [-0.15, -0.1) is 0 Å². The van der Waals surface area contributed by atoms with Gasteiger partial charge in [0, 0.05) is 29.2 Å². The first-order valence-corrected chi connectivity index (χ1v) is 16.5. The van der Waals surface area contributed by atoms with Crippen molar-refractivity contribution in [3.05, 3.63) is 81.2 Å². The van der Waals surface area contributed by atoms with Crippen molar-refractivity contribution in [1.29, 1.82) is 0 Å². The van der Waals surface area contributed by atoms with Crippen molar-refractivity contribution < 1.29 is 14.0 Å². The minimum Gasteiger partial charge on any atom is -0.451 e. The van der Waals surface area contributed by atoms with E-state index in [4.69, 9.17) is 16.0 Å². The van der Waals surface area contributed by atoms with E-state index in [-0.39, 0.29) is 34.1 Å². The van der Waals surface area contributed by atoms with Gasteiger partial charge in [0.15, 0.2) is 11.2 Å². The topological polar surface area (TPSA) is 91.7 Å². The summed E-state index contributed by atoms with van der Waals surface area (Å²) in [5, 5.41) is 7.59. The fourth-order valence-electron chi connectivity index (χ4n) is 7.06. The summed E-state index contributed by atoms with van der Waals surface area (Å²) in [5.74, 6) is 0.270. The van der Waals surface area contributed by atoms with Crippen LogP contribution in [0.4, 0.5) is 0 Å². The molecule has 236 valence electrons. The molecule has 1 aliphatic carbocycles. The number of likely N-dealkylation sites (tertiary alicyclic amines) is 1. The molecule has 2 heterocycles. The highest BCUT2D eigenvalue weighted by Crippen LogP contribution is 2.46. The van der Waals surface area contributed by atoms with Gasteiger partial charge < -0.3 is 20.0 Å². The first kappa shape index (κ1) is 32.2. The SMILES string of the molecule is CC(C)(C)NC(=O)C1(C2CCCCC2)CCN(CC[C@@H](Cc2ccc(Cl)cc2)NC(=O)c2cc(=O)c3ccccc3o2)CC1. The molecule has 0 radical (unpaired) electrons. The zero-order chi connectivity index (χ0) is 31.3. The average molecular weight is 620 g/mol. The maximum absolute atomic E-state index is 13.8. The second kappa shape index (κ2) is 13.9. The fourth-order valence-corrected chi connectivity index (χ4v) is 7.18. The minimum atomic E-state index is -0.402. The molecule has 3 aromatic rings. The second-order valence-electron chi connectivity index (χ2n) is 13.8. The van der Waals surface area contributed by atoms with Gasteiger partial charge in [0.05, 0.1) is 10.8 Å². The van der Waals surface area contributed by atoms with Crippen LogP contribution in [0.2, 0.25) is 5.02 Å². The number of halogens is 1. The standard InChI is InChI=1S/C36H46ClN3O4/c1-35(2,3)39-34(43)36(26-9-5-4-6-10-26)18-21-40(22-19-36)20-17-28(23-25-13-15-27(37)16-14-25)38-33(42)32-24-30(41)29-11-7-8-12-31(29)44-32/h7-8,11-16,24,26,28H,4-6,9-10,17-23H2,1-3H3,(H,38,42)(H,39,43)/t28-/m0/s1. The summed E-state index contributed by atoms with van der Waals surface area (Å²) < 4.78 is 5.83. The Morgan fingerprint density at radius 1 is 1.02 bits per heavy atom. The van der Waals surface area contributed by atoms with Crippen LogP contribution < -0.4 is 16.1 Å². The third-order valence-corrected chi connectivity index (χ3v) is 9.71. The molecule has 44 heavy (non-hydrogen) atoms. The normalized spacial score (nSPS) is 18.5. The number of nitrogens with zero attached hydrogens (tertiary/aromatic N) is 1. The molecule has 2 fully saturated rings. The first-order valence-electron chi connectivity index (χ1n) is 16.2. The Kier molecular flexibility index (Phi) is 10.2. The van der Waals surface area contributed by atoms with E-state index in [2.05, 4.69) is 36.3 Å². The Morgan fingerprint density at radius 2 is 1.70 bits per heavy atom. The van der Waals surface area contributed by atoms with Crippen LogP contribution in [0.25, 0.3) is 11.0 Å². The highest BCUT2D eigenvalue weighted by Gasteiger charge is 2.48. The molecule has 1 atom stereocenters. The van der Waals surface area contributed by atoms with E-state index in [9.17, 15) is 14.4 Å². The van der Waals surface area contributed by atoms with Crippen LogP contribution in [0, 0.1) is 11.3 Å². The Hall–Kier alpha value is -3.16. The number of hydrogen-bond acceptors (Lipinski definition) is 5. The molecule has 1 saturated heterocycles. The Labute approximate surface area is 265 Å². The number of carbonyl (C=O) groups excluding carboxylic acids is 2. The molecule has 8 heteroatoms. The van der Waals surface area contributed by atoms with Crippen molar-refractivity contribution in [1.82, 2.24) is 15.5 Å². The van der Waals surface area contributed by atoms with Crippen LogP contribution in [0.1, 0.15) is 88.3 Å². The van der Waals surface area contributed by atoms with Crippen molar-refractivity contribution in [3.8, 4) is 0 Å². The number of amides is 2. The summed E-state index contributed by atoms with van der Waals surface area (Å²) in [6.07, 6.45) is 9.01. The summed E-state index contributed by atoms with van der Waals surface area (Å²) in [5.41, 5.74) is 0.650. The number of fused-ring (bicyclic) bond motifs is 1. The molecule has 5 rings (SSSR count). The van der Waals surface area contributed by atoms with Crippen LogP contribution in [-0.4, -0.2) is 47.9 Å². The predicted molar refractivity (Wildman–Crippen MR) is 176 cm³/mol. The molecule has 7 nitrogen and oxygen atoms in total. The lowest BCUT2D eigenvalue weighted by atomic mass is 9.63. The molecule has 2 amide bonds. The van der Waals surface area contributed by atoms with E-state index in [1.54, 1.807) is 24.3 Å². The Bertz CT molecular complexity index is 1500. The Balaban J connectivity index is 1.27. The third kappa shape index (κ3) is 7.91. The highest BCUT2D eigenvalue weighted by atomic mass is 35.5. The molecular weight excluding hydrogens is 574 g/mol. The summed E-state index contributed by atoms with van der Waals surface area (Å²) >= 11 is 6.13. The molecule has 1 aliphatic heterocycles. The summed E-state index contributed by atoms with van der Waals surface area (Å²) in [4.78, 5) is 42.2. The molecule has 1 aromatic heterocycles. The Morgan fingerprint density at radius 3 is 2.39 bits per heavy atom. The van der Waals surface area contributed by atoms with Crippen molar-refractivity contribution in [3.63, 3.8) is 0 Å². The lowest BCUT2D eigenvalue weighted by Gasteiger charge is -2.47. The third-order valence-electron chi connectivity index (χ3n) is 9.46. The lowest BCUT2D eigenvalue weighted by molar-refractivity contribution is -0.141. The van der Waals surface area contributed by atoms with Gasteiger partial charge in [0.25, 0.3) is 5.91 Å². The van der Waals surface area contributed by atoms with Crippen LogP contribution in [0.3, 0.4) is 0 Å². The predicted octanol–water partition coefficient (Wildman–Crippen LogP) is 6.75. The lowest BCUT2D eigenvalue weighted by Crippen LogP contribution is -2.56. The molecule has 2 aliphatic rings. The minimum absolute atomic E-state index is 0.00917. The van der Waals surface area contributed by atoms with Crippen LogP contribution in [0.5, 0.6) is 0 Å². The van der Waals surface area contributed by atoms with Gasteiger partial charge in [-0.2, -0.15) is 0 Å². The van der Waals surface area contributed by atoms with Crippen molar-refractivity contribution >= 4 is 34.4 Å². The van der Waals surface area contributed by atoms with Crippen LogP contribution in [-0.2, 0) is 11.2 Å². The van der Waals surface area contributed by atoms with Gasteiger partial charge in [0.1, 0.15) is 5.58 Å². The smallest absolute Gasteiger partial charge is 0.287 e. The highest BCUT2D eigenvalue weighted by molar-refractivity contribution is 6.30. The molecule has 2 N–H and O–H groups in total. The van der Waals surface area contributed by atoms with Gasteiger partial charge in [-0.25, -0.2) is 0 Å². The number of rotatable bonds is 9. The summed E-state index contributed by atoms with van der Waals surface area (Å²) in [6, 6.07) is 15.7. The second-order valence-corrected chi connectivity index (χ2v) is 14.2.